The molecular formula is C13H22ClN3. The van der Waals surface area contributed by atoms with Gasteiger partial charge in [-0.2, -0.15) is 0 Å². The first kappa shape index (κ1) is 14.5. The number of rotatable bonds is 6. The number of halogens is 1. The van der Waals surface area contributed by atoms with Gasteiger partial charge in [-0.1, -0.05) is 17.7 Å². The van der Waals surface area contributed by atoms with Gasteiger partial charge in [0.2, 0.25) is 0 Å². The van der Waals surface area contributed by atoms with Crippen LogP contribution in [-0.2, 0) is 0 Å². The molecule has 96 valence electrons. The van der Waals surface area contributed by atoms with Crippen LogP contribution in [0.3, 0.4) is 0 Å². The third-order valence-electron chi connectivity index (χ3n) is 2.79. The largest absolute Gasteiger partial charge is 0.329 e. The minimum absolute atomic E-state index is 0.201. The Labute approximate surface area is 109 Å². The van der Waals surface area contributed by atoms with Gasteiger partial charge in [-0.05, 0) is 44.3 Å². The van der Waals surface area contributed by atoms with Gasteiger partial charge in [0.15, 0.2) is 0 Å². The lowest BCUT2D eigenvalue weighted by molar-refractivity contribution is 0.385. The van der Waals surface area contributed by atoms with Crippen molar-refractivity contribution in [2.24, 2.45) is 5.73 Å². The summed E-state index contributed by atoms with van der Waals surface area (Å²) >= 11 is 5.95. The van der Waals surface area contributed by atoms with Crippen LogP contribution in [0.2, 0.25) is 5.02 Å². The number of nitrogens with one attached hydrogen (secondary N) is 1. The zero-order valence-corrected chi connectivity index (χ0v) is 11.6. The van der Waals surface area contributed by atoms with E-state index < -0.39 is 0 Å². The Hall–Kier alpha value is -0.610. The van der Waals surface area contributed by atoms with Crippen molar-refractivity contribution in [1.82, 2.24) is 10.2 Å². The Bertz CT molecular complexity index is 353. The molecule has 4 heteroatoms. The lowest BCUT2D eigenvalue weighted by atomic mass is 10.0. The Morgan fingerprint density at radius 3 is 2.65 bits per heavy atom. The highest BCUT2D eigenvalue weighted by atomic mass is 35.5. The molecule has 3 nitrogen and oxygen atoms in total. The summed E-state index contributed by atoms with van der Waals surface area (Å²) in [4.78, 5) is 2.15. The van der Waals surface area contributed by atoms with E-state index in [1.807, 2.05) is 12.1 Å². The zero-order chi connectivity index (χ0) is 12.8. The van der Waals surface area contributed by atoms with Gasteiger partial charge in [0.25, 0.3) is 0 Å². The van der Waals surface area contributed by atoms with E-state index in [1.54, 1.807) is 0 Å². The standard InChI is InChI=1S/C13H22ClN3/c1-10-8-11(14)4-5-12(10)13(9-15)16-6-7-17(2)3/h4-5,8,13,16H,6-7,9,15H2,1-3H3. The second-order valence-corrected chi connectivity index (χ2v) is 4.98. The molecule has 0 radical (unpaired) electrons. The molecule has 0 amide bonds. The van der Waals surface area contributed by atoms with Crippen molar-refractivity contribution in [2.45, 2.75) is 13.0 Å². The van der Waals surface area contributed by atoms with Crippen LogP contribution in [0.25, 0.3) is 0 Å². The highest BCUT2D eigenvalue weighted by molar-refractivity contribution is 6.30. The predicted molar refractivity (Wildman–Crippen MR) is 74.5 cm³/mol. The molecule has 0 fully saturated rings. The molecule has 0 aliphatic heterocycles. The maximum absolute atomic E-state index is 5.95. The van der Waals surface area contributed by atoms with Crippen LogP contribution in [0.1, 0.15) is 17.2 Å². The fourth-order valence-corrected chi connectivity index (χ4v) is 2.04. The molecule has 0 bridgehead atoms. The number of benzene rings is 1. The molecule has 0 aromatic heterocycles. The molecule has 0 spiro atoms. The first-order valence-electron chi connectivity index (χ1n) is 5.89. The van der Waals surface area contributed by atoms with Gasteiger partial charge in [-0.15, -0.1) is 0 Å². The van der Waals surface area contributed by atoms with Crippen molar-refractivity contribution in [2.75, 3.05) is 33.7 Å². The second-order valence-electron chi connectivity index (χ2n) is 4.55. The quantitative estimate of drug-likeness (QED) is 0.815. The molecule has 0 saturated carbocycles. The van der Waals surface area contributed by atoms with E-state index in [4.69, 9.17) is 17.3 Å². The lowest BCUT2D eigenvalue weighted by Gasteiger charge is -2.20. The SMILES string of the molecule is Cc1cc(Cl)ccc1C(CN)NCCN(C)C. The van der Waals surface area contributed by atoms with Gasteiger partial charge >= 0.3 is 0 Å². The Balaban J connectivity index is 2.66. The molecule has 1 aromatic rings. The van der Waals surface area contributed by atoms with Crippen LogP contribution >= 0.6 is 11.6 Å². The van der Waals surface area contributed by atoms with E-state index in [-0.39, 0.29) is 6.04 Å². The molecule has 0 saturated heterocycles. The molecule has 1 atom stereocenters. The lowest BCUT2D eigenvalue weighted by Crippen LogP contribution is -2.34. The number of likely N-dealkylation sites (N-methyl/N-ethyl adjacent to an activating group) is 1. The van der Waals surface area contributed by atoms with Crippen LogP contribution in [-0.4, -0.2) is 38.6 Å². The Morgan fingerprint density at radius 2 is 2.12 bits per heavy atom. The molecule has 1 rings (SSSR count). The zero-order valence-electron chi connectivity index (χ0n) is 10.8. The molecule has 1 unspecified atom stereocenters. The van der Waals surface area contributed by atoms with E-state index in [2.05, 4.69) is 37.3 Å². The predicted octanol–water partition coefficient (Wildman–Crippen LogP) is 1.80. The van der Waals surface area contributed by atoms with E-state index in [0.29, 0.717) is 6.54 Å². The average Bonchev–Trinajstić information content (AvgIpc) is 2.25. The molecular weight excluding hydrogens is 234 g/mol. The molecule has 3 N–H and O–H groups in total. The molecule has 1 aromatic carbocycles. The van der Waals surface area contributed by atoms with Crippen molar-refractivity contribution in [3.63, 3.8) is 0 Å². The van der Waals surface area contributed by atoms with Crippen LogP contribution in [0.5, 0.6) is 0 Å². The second kappa shape index (κ2) is 6.97. The average molecular weight is 256 g/mol. The van der Waals surface area contributed by atoms with Crippen molar-refractivity contribution in [3.8, 4) is 0 Å². The summed E-state index contributed by atoms with van der Waals surface area (Å²) < 4.78 is 0. The van der Waals surface area contributed by atoms with Crippen molar-refractivity contribution in [3.05, 3.63) is 34.3 Å². The monoisotopic (exact) mass is 255 g/mol. The molecule has 0 heterocycles. The van der Waals surface area contributed by atoms with Crippen molar-refractivity contribution in [1.29, 1.82) is 0 Å². The normalized spacial score (nSPS) is 13.1. The summed E-state index contributed by atoms with van der Waals surface area (Å²) in [5.41, 5.74) is 8.24. The number of nitrogens with zero attached hydrogens (tertiary/aromatic N) is 1. The van der Waals surface area contributed by atoms with Crippen LogP contribution in [0.4, 0.5) is 0 Å². The number of aryl methyl sites for hydroxylation is 1. The molecule has 0 aliphatic rings. The van der Waals surface area contributed by atoms with Gasteiger partial charge in [0.1, 0.15) is 0 Å². The van der Waals surface area contributed by atoms with Gasteiger partial charge in [-0.3, -0.25) is 0 Å². The number of nitrogens with two attached hydrogens (primary N) is 1. The molecule has 0 aliphatic carbocycles. The van der Waals surface area contributed by atoms with Gasteiger partial charge in [0, 0.05) is 30.7 Å². The summed E-state index contributed by atoms with van der Waals surface area (Å²) in [6, 6.07) is 6.15. The Morgan fingerprint density at radius 1 is 1.41 bits per heavy atom. The van der Waals surface area contributed by atoms with E-state index in [9.17, 15) is 0 Å². The summed E-state index contributed by atoms with van der Waals surface area (Å²) in [6.07, 6.45) is 0. The minimum Gasteiger partial charge on any atom is -0.329 e. The van der Waals surface area contributed by atoms with Gasteiger partial charge in [-0.25, -0.2) is 0 Å². The fourth-order valence-electron chi connectivity index (χ4n) is 1.81. The van der Waals surface area contributed by atoms with Gasteiger partial charge < -0.3 is 16.0 Å². The van der Waals surface area contributed by atoms with Crippen molar-refractivity contribution < 1.29 is 0 Å². The third-order valence-corrected chi connectivity index (χ3v) is 3.03. The van der Waals surface area contributed by atoms with E-state index >= 15 is 0 Å². The summed E-state index contributed by atoms with van der Waals surface area (Å²) in [7, 11) is 4.12. The van der Waals surface area contributed by atoms with Crippen molar-refractivity contribution >= 4 is 11.6 Å². The fraction of sp³-hybridized carbons (Fsp3) is 0.538. The third kappa shape index (κ3) is 4.64. The van der Waals surface area contributed by atoms with Gasteiger partial charge in [0.05, 0.1) is 0 Å². The first-order chi connectivity index (χ1) is 8.04. The van der Waals surface area contributed by atoms with Crippen LogP contribution in [0, 0.1) is 6.92 Å². The summed E-state index contributed by atoms with van der Waals surface area (Å²) in [6.45, 7) is 4.59. The Kier molecular flexibility index (Phi) is 5.92. The maximum Gasteiger partial charge on any atom is 0.0447 e. The maximum atomic E-state index is 5.95. The number of hydrogen-bond acceptors (Lipinski definition) is 3. The summed E-state index contributed by atoms with van der Waals surface area (Å²) in [5.74, 6) is 0. The van der Waals surface area contributed by atoms with E-state index in [1.165, 1.54) is 11.1 Å². The highest BCUT2D eigenvalue weighted by Gasteiger charge is 2.11. The smallest absolute Gasteiger partial charge is 0.0447 e. The van der Waals surface area contributed by atoms with E-state index in [0.717, 1.165) is 18.1 Å². The number of hydrogen-bond donors (Lipinski definition) is 2. The highest BCUT2D eigenvalue weighted by Crippen LogP contribution is 2.20. The molecule has 17 heavy (non-hydrogen) atoms. The first-order valence-corrected chi connectivity index (χ1v) is 6.26. The van der Waals surface area contributed by atoms with Crippen LogP contribution in [0.15, 0.2) is 18.2 Å². The summed E-state index contributed by atoms with van der Waals surface area (Å²) in [5, 5.41) is 4.24. The van der Waals surface area contributed by atoms with Crippen LogP contribution < -0.4 is 11.1 Å². The minimum atomic E-state index is 0.201. The topological polar surface area (TPSA) is 41.3 Å².